The van der Waals surface area contributed by atoms with Crippen LogP contribution >= 0.6 is 11.6 Å². The van der Waals surface area contributed by atoms with Gasteiger partial charge < -0.3 is 4.57 Å². The number of benzene rings is 1. The molecule has 0 atom stereocenters. The normalized spacial score (nSPS) is 12.6. The smallest absolute Gasteiger partial charge is 0.321 e. The van der Waals surface area contributed by atoms with Crippen LogP contribution in [-0.2, 0) is 12.4 Å². The van der Waals surface area contributed by atoms with E-state index in [1.165, 1.54) is 12.1 Å². The predicted molar refractivity (Wildman–Crippen MR) is 60.2 cm³/mol. The van der Waals surface area contributed by atoms with Gasteiger partial charge in [-0.25, -0.2) is 18.2 Å². The molecule has 0 aliphatic carbocycles. The molecule has 0 fully saturated rings. The minimum Gasteiger partial charge on any atom is -0.321 e. The lowest BCUT2D eigenvalue weighted by Crippen LogP contribution is -2.32. The lowest BCUT2D eigenvalue weighted by molar-refractivity contribution is -0.137. The molecule has 1 aromatic heterocycles. The van der Waals surface area contributed by atoms with Crippen molar-refractivity contribution in [3.63, 3.8) is 0 Å². The Hall–Kier alpha value is -1.37. The zero-order chi connectivity index (χ0) is 14.2. The van der Waals surface area contributed by atoms with Gasteiger partial charge in [-0.1, -0.05) is 6.07 Å². The fourth-order valence-electron chi connectivity index (χ4n) is 1.72. The third-order valence-electron chi connectivity index (χ3n) is 2.62. The third kappa shape index (κ3) is 2.51. The quantitative estimate of drug-likeness (QED) is 0.620. The van der Waals surface area contributed by atoms with Crippen molar-refractivity contribution in [2.75, 3.05) is 0 Å². The molecule has 104 valence electrons. The van der Waals surface area contributed by atoms with E-state index in [2.05, 4.69) is 4.98 Å². The monoisotopic (exact) mass is 298 g/mol. The minimum atomic E-state index is -4.24. The molecule has 0 unspecified atom stereocenters. The van der Waals surface area contributed by atoms with Crippen molar-refractivity contribution in [1.29, 1.82) is 0 Å². The van der Waals surface area contributed by atoms with Gasteiger partial charge in [-0.15, -0.1) is 11.6 Å². The van der Waals surface area contributed by atoms with Crippen molar-refractivity contribution >= 4 is 22.6 Å². The molecule has 0 saturated heterocycles. The van der Waals surface area contributed by atoms with E-state index in [4.69, 9.17) is 11.6 Å². The van der Waals surface area contributed by atoms with E-state index in [0.717, 1.165) is 10.6 Å². The predicted octanol–water partition coefficient (Wildman–Crippen LogP) is 3.81. The van der Waals surface area contributed by atoms with Crippen LogP contribution in [0, 0.1) is 5.82 Å². The third-order valence-corrected chi connectivity index (χ3v) is 2.86. The Morgan fingerprint density at radius 3 is 2.58 bits per heavy atom. The van der Waals surface area contributed by atoms with Gasteiger partial charge in [0.1, 0.15) is 11.3 Å². The van der Waals surface area contributed by atoms with Crippen LogP contribution in [-0.4, -0.2) is 21.9 Å². The summed E-state index contributed by atoms with van der Waals surface area (Å²) in [5.74, 6) is -5.32. The lowest BCUT2D eigenvalue weighted by Gasteiger charge is -2.17. The van der Waals surface area contributed by atoms with Gasteiger partial charge in [-0.2, -0.15) is 8.78 Å². The topological polar surface area (TPSA) is 17.8 Å². The van der Waals surface area contributed by atoms with Gasteiger partial charge in [-0.3, -0.25) is 0 Å². The summed E-state index contributed by atoms with van der Waals surface area (Å²) < 4.78 is 65.0. The highest BCUT2D eigenvalue weighted by Gasteiger charge is 2.42. The average molecular weight is 299 g/mol. The maximum absolute atomic E-state index is 13.5. The first-order chi connectivity index (χ1) is 8.86. The van der Waals surface area contributed by atoms with Crippen LogP contribution in [0.15, 0.2) is 18.2 Å². The van der Waals surface area contributed by atoms with Gasteiger partial charge in [0.25, 0.3) is 0 Å². The van der Waals surface area contributed by atoms with Gasteiger partial charge >= 0.3 is 12.3 Å². The van der Waals surface area contributed by atoms with Gasteiger partial charge in [0.05, 0.1) is 17.9 Å². The zero-order valence-electron chi connectivity index (χ0n) is 9.39. The maximum atomic E-state index is 13.5. The Balaban J connectivity index is 2.56. The fraction of sp³-hybridized carbons (Fsp3) is 0.364. The Morgan fingerprint density at radius 1 is 1.32 bits per heavy atom. The van der Waals surface area contributed by atoms with Crippen LogP contribution < -0.4 is 0 Å². The largest absolute Gasteiger partial charge is 0.324 e. The number of imidazole rings is 1. The molecular formula is C11H8ClF5N2. The van der Waals surface area contributed by atoms with E-state index >= 15 is 0 Å². The molecule has 2 rings (SSSR count). The molecule has 0 spiro atoms. The van der Waals surface area contributed by atoms with E-state index in [1.807, 2.05) is 0 Å². The molecule has 2 nitrogen and oxygen atoms in total. The second-order valence-electron chi connectivity index (χ2n) is 3.92. The first-order valence-corrected chi connectivity index (χ1v) is 5.76. The number of nitrogens with zero attached hydrogens (tertiary/aromatic N) is 2. The summed E-state index contributed by atoms with van der Waals surface area (Å²) in [6.07, 6.45) is -3.82. The fourth-order valence-corrected chi connectivity index (χ4v) is 1.92. The van der Waals surface area contributed by atoms with Crippen LogP contribution in [0.3, 0.4) is 0 Å². The van der Waals surface area contributed by atoms with Gasteiger partial charge in [0.15, 0.2) is 5.82 Å². The van der Waals surface area contributed by atoms with E-state index in [9.17, 15) is 22.0 Å². The highest BCUT2D eigenvalue weighted by atomic mass is 35.5. The van der Waals surface area contributed by atoms with Crippen molar-refractivity contribution in [3.8, 4) is 0 Å². The van der Waals surface area contributed by atoms with Crippen molar-refractivity contribution in [2.45, 2.75) is 24.8 Å². The second kappa shape index (κ2) is 4.96. The molecule has 8 heteroatoms. The summed E-state index contributed by atoms with van der Waals surface area (Å²) in [6, 6.07) is 3.71. The number of alkyl halides is 5. The van der Waals surface area contributed by atoms with Crippen LogP contribution in [0.2, 0.25) is 0 Å². The second-order valence-corrected chi connectivity index (χ2v) is 4.18. The molecule has 2 aromatic rings. The molecule has 0 radical (unpaired) electrons. The van der Waals surface area contributed by atoms with Crippen LogP contribution in [0.5, 0.6) is 0 Å². The molecule has 1 heterocycles. The van der Waals surface area contributed by atoms with Crippen molar-refractivity contribution in [3.05, 3.63) is 29.8 Å². The number of halogens is 6. The molecule has 0 N–H and O–H groups in total. The molecule has 0 amide bonds. The first kappa shape index (κ1) is 14.0. The number of fused-ring (bicyclic) bond motifs is 1. The van der Waals surface area contributed by atoms with E-state index in [1.54, 1.807) is 0 Å². The molecule has 0 aliphatic rings. The average Bonchev–Trinajstić information content (AvgIpc) is 2.68. The summed E-state index contributed by atoms with van der Waals surface area (Å²) in [6.45, 7) is -1.30. The van der Waals surface area contributed by atoms with Gasteiger partial charge in [0, 0.05) is 0 Å². The van der Waals surface area contributed by atoms with Gasteiger partial charge in [-0.05, 0) is 12.1 Å². The number of hydrogen-bond donors (Lipinski definition) is 0. The Bertz CT molecular complexity index is 596. The molecule has 0 saturated carbocycles. The SMILES string of the molecule is Fc1cccc2c1nc(CCl)n2CC(F)(F)C(F)F. The van der Waals surface area contributed by atoms with E-state index < -0.39 is 24.7 Å². The van der Waals surface area contributed by atoms with E-state index in [0.29, 0.717) is 0 Å². The van der Waals surface area contributed by atoms with Crippen LogP contribution in [0.25, 0.3) is 11.0 Å². The maximum Gasteiger partial charge on any atom is 0.324 e. The van der Waals surface area contributed by atoms with Crippen molar-refractivity contribution in [2.24, 2.45) is 0 Å². The Morgan fingerprint density at radius 2 is 2.00 bits per heavy atom. The molecule has 0 aliphatic heterocycles. The number of hydrogen-bond acceptors (Lipinski definition) is 1. The Labute approximate surface area is 109 Å². The van der Waals surface area contributed by atoms with Crippen molar-refractivity contribution < 1.29 is 22.0 Å². The molecule has 19 heavy (non-hydrogen) atoms. The summed E-state index contributed by atoms with van der Waals surface area (Å²) in [5.41, 5.74) is -0.154. The lowest BCUT2D eigenvalue weighted by atomic mass is 10.3. The van der Waals surface area contributed by atoms with Crippen LogP contribution in [0.1, 0.15) is 5.82 Å². The summed E-state index contributed by atoms with van der Waals surface area (Å²) in [7, 11) is 0. The summed E-state index contributed by atoms with van der Waals surface area (Å²) in [5, 5.41) is 0. The summed E-state index contributed by atoms with van der Waals surface area (Å²) >= 11 is 5.53. The molecular weight excluding hydrogens is 291 g/mol. The number of rotatable bonds is 4. The Kier molecular flexibility index (Phi) is 3.66. The van der Waals surface area contributed by atoms with E-state index in [-0.39, 0.29) is 22.7 Å². The highest BCUT2D eigenvalue weighted by molar-refractivity contribution is 6.16. The zero-order valence-corrected chi connectivity index (χ0v) is 10.1. The molecule has 0 bridgehead atoms. The number of aromatic nitrogens is 2. The summed E-state index contributed by atoms with van der Waals surface area (Å²) in [4.78, 5) is 3.75. The molecule has 1 aromatic carbocycles. The first-order valence-electron chi connectivity index (χ1n) is 5.22. The minimum absolute atomic E-state index is 0.0102. The standard InChI is InChI=1S/C11H8ClF5N2/c12-4-8-18-9-6(13)2-1-3-7(9)19(8)5-11(16,17)10(14)15/h1-3,10H,4-5H2. The van der Waals surface area contributed by atoms with Crippen LogP contribution in [0.4, 0.5) is 22.0 Å². The number of para-hydroxylation sites is 1. The highest BCUT2D eigenvalue weighted by Crippen LogP contribution is 2.29. The van der Waals surface area contributed by atoms with Gasteiger partial charge in [0.2, 0.25) is 0 Å². The van der Waals surface area contributed by atoms with Crippen molar-refractivity contribution in [1.82, 2.24) is 9.55 Å².